The van der Waals surface area contributed by atoms with E-state index in [9.17, 15) is 4.39 Å². The van der Waals surface area contributed by atoms with Gasteiger partial charge in [-0.2, -0.15) is 0 Å². The fourth-order valence-electron chi connectivity index (χ4n) is 4.90. The molecule has 0 nitrogen and oxygen atoms in total. The Labute approximate surface area is 194 Å². The molecule has 0 aliphatic carbocycles. The number of unbranched alkanes of at least 4 members (excludes halogenated alkanes) is 7. The first-order valence-corrected chi connectivity index (χ1v) is 13.0. The molecule has 0 spiro atoms. The lowest BCUT2D eigenvalue weighted by molar-refractivity contribution is 0.575. The predicted octanol–water partition coefficient (Wildman–Crippen LogP) is 10.2. The van der Waals surface area contributed by atoms with Gasteiger partial charge in [-0.3, -0.25) is 0 Å². The van der Waals surface area contributed by atoms with E-state index in [4.69, 9.17) is 0 Å². The van der Waals surface area contributed by atoms with Crippen LogP contribution < -0.4 is 0 Å². The first-order valence-electron chi connectivity index (χ1n) is 12.2. The number of benzene rings is 4. The first-order chi connectivity index (χ1) is 15.7. The number of thiophene rings is 1. The SMILES string of the molecule is CCCCCCCCCCc1ccc2cc3c(cc2c1)sc1cc2ccc(F)cc2cc13. The van der Waals surface area contributed by atoms with Crippen molar-refractivity contribution >= 4 is 53.1 Å². The zero-order chi connectivity index (χ0) is 21.9. The molecule has 1 heterocycles. The van der Waals surface area contributed by atoms with Gasteiger partial charge in [0.15, 0.2) is 0 Å². The lowest BCUT2D eigenvalue weighted by Gasteiger charge is -2.05. The summed E-state index contributed by atoms with van der Waals surface area (Å²) in [5.74, 6) is -0.175. The van der Waals surface area contributed by atoms with Crippen molar-refractivity contribution in [3.63, 3.8) is 0 Å². The van der Waals surface area contributed by atoms with Gasteiger partial charge >= 0.3 is 0 Å². The Hall–Kier alpha value is -2.45. The molecule has 5 rings (SSSR count). The van der Waals surface area contributed by atoms with Crippen LogP contribution in [0.25, 0.3) is 41.7 Å². The fourth-order valence-corrected chi connectivity index (χ4v) is 6.07. The van der Waals surface area contributed by atoms with E-state index in [-0.39, 0.29) is 5.82 Å². The van der Waals surface area contributed by atoms with Crippen molar-refractivity contribution in [1.29, 1.82) is 0 Å². The van der Waals surface area contributed by atoms with Gasteiger partial charge in [0.25, 0.3) is 0 Å². The van der Waals surface area contributed by atoms with Crippen LogP contribution in [-0.2, 0) is 6.42 Å². The van der Waals surface area contributed by atoms with Gasteiger partial charge in [0.2, 0.25) is 0 Å². The number of halogens is 1. The molecule has 0 aliphatic heterocycles. The summed E-state index contributed by atoms with van der Waals surface area (Å²) in [7, 11) is 0. The monoisotopic (exact) mass is 442 g/mol. The number of aryl methyl sites for hydroxylation is 1. The minimum atomic E-state index is -0.175. The van der Waals surface area contributed by atoms with Crippen molar-refractivity contribution < 1.29 is 4.39 Å². The summed E-state index contributed by atoms with van der Waals surface area (Å²) < 4.78 is 16.3. The van der Waals surface area contributed by atoms with Gasteiger partial charge in [0, 0.05) is 20.2 Å². The number of rotatable bonds is 9. The number of hydrogen-bond acceptors (Lipinski definition) is 1. The maximum absolute atomic E-state index is 13.7. The van der Waals surface area contributed by atoms with E-state index < -0.39 is 0 Å². The second-order valence-corrected chi connectivity index (χ2v) is 10.3. The molecule has 0 saturated carbocycles. The normalized spacial score (nSPS) is 11.9. The summed E-state index contributed by atoms with van der Waals surface area (Å²) >= 11 is 1.84. The van der Waals surface area contributed by atoms with Crippen molar-refractivity contribution in [2.75, 3.05) is 0 Å². The van der Waals surface area contributed by atoms with Crippen LogP contribution in [0.5, 0.6) is 0 Å². The van der Waals surface area contributed by atoms with E-state index in [1.165, 1.54) is 94.3 Å². The van der Waals surface area contributed by atoms with Crippen molar-refractivity contribution in [1.82, 2.24) is 0 Å². The maximum Gasteiger partial charge on any atom is 0.123 e. The van der Waals surface area contributed by atoms with Gasteiger partial charge in [0.1, 0.15) is 5.82 Å². The molecule has 0 radical (unpaired) electrons. The van der Waals surface area contributed by atoms with E-state index in [1.54, 1.807) is 12.1 Å². The quantitative estimate of drug-likeness (QED) is 0.199. The summed E-state index contributed by atoms with van der Waals surface area (Å²) in [5, 5.41) is 7.20. The molecule has 0 aliphatic rings. The fraction of sp³-hybridized carbons (Fsp3) is 0.333. The highest BCUT2D eigenvalue weighted by molar-refractivity contribution is 7.26. The van der Waals surface area contributed by atoms with Crippen LogP contribution in [0.15, 0.2) is 60.7 Å². The van der Waals surface area contributed by atoms with Gasteiger partial charge in [-0.25, -0.2) is 4.39 Å². The van der Waals surface area contributed by atoms with Crippen molar-refractivity contribution in [2.24, 2.45) is 0 Å². The number of fused-ring (bicyclic) bond motifs is 5. The lowest BCUT2D eigenvalue weighted by atomic mass is 9.99. The molecule has 32 heavy (non-hydrogen) atoms. The molecular formula is C30H31FS. The molecular weight excluding hydrogens is 411 g/mol. The van der Waals surface area contributed by atoms with Crippen LogP contribution in [0.3, 0.4) is 0 Å². The summed E-state index contributed by atoms with van der Waals surface area (Å²) in [5.41, 5.74) is 1.45. The third-order valence-corrected chi connectivity index (χ3v) is 7.85. The maximum atomic E-state index is 13.7. The third kappa shape index (κ3) is 4.52. The molecule has 164 valence electrons. The molecule has 0 bridgehead atoms. The van der Waals surface area contributed by atoms with Gasteiger partial charge in [0.05, 0.1) is 0 Å². The highest BCUT2D eigenvalue weighted by Gasteiger charge is 2.09. The van der Waals surface area contributed by atoms with Crippen molar-refractivity contribution in [3.8, 4) is 0 Å². The molecule has 5 aromatic rings. The second-order valence-electron chi connectivity index (χ2n) is 9.20. The smallest absolute Gasteiger partial charge is 0.123 e. The van der Waals surface area contributed by atoms with Gasteiger partial charge in [-0.15, -0.1) is 11.3 Å². The molecule has 0 amide bonds. The molecule has 2 heteroatoms. The highest BCUT2D eigenvalue weighted by atomic mass is 32.1. The van der Waals surface area contributed by atoms with Gasteiger partial charge in [-0.1, -0.05) is 76.1 Å². The zero-order valence-corrected chi connectivity index (χ0v) is 19.7. The van der Waals surface area contributed by atoms with Crippen LogP contribution in [0, 0.1) is 5.82 Å². The molecule has 0 atom stereocenters. The van der Waals surface area contributed by atoms with Crippen LogP contribution >= 0.6 is 11.3 Å². The molecule has 0 unspecified atom stereocenters. The minimum Gasteiger partial charge on any atom is -0.207 e. The molecule has 0 fully saturated rings. The van der Waals surface area contributed by atoms with Gasteiger partial charge in [-0.05, 0) is 76.3 Å². The molecule has 4 aromatic carbocycles. The van der Waals surface area contributed by atoms with Crippen LogP contribution in [-0.4, -0.2) is 0 Å². The zero-order valence-electron chi connectivity index (χ0n) is 18.9. The average molecular weight is 443 g/mol. The Bertz CT molecular complexity index is 1380. The molecule has 0 saturated heterocycles. The third-order valence-electron chi connectivity index (χ3n) is 6.73. The Balaban J connectivity index is 1.35. The average Bonchev–Trinajstić information content (AvgIpc) is 3.13. The first kappa shape index (κ1) is 21.4. The Morgan fingerprint density at radius 3 is 1.97 bits per heavy atom. The van der Waals surface area contributed by atoms with E-state index in [1.807, 2.05) is 17.4 Å². The molecule has 0 N–H and O–H groups in total. The minimum absolute atomic E-state index is 0.175. The predicted molar refractivity (Wildman–Crippen MR) is 141 cm³/mol. The summed E-state index contributed by atoms with van der Waals surface area (Å²) in [4.78, 5) is 0. The topological polar surface area (TPSA) is 0 Å². The standard InChI is InChI=1S/C30H31FS/c1-2-3-4-5-6-7-8-9-10-21-11-12-22-17-27-28-18-25-16-26(31)14-13-23(25)19-29(28)32-30(27)20-24(22)15-21/h11-20H,2-10H2,1H3. The largest absolute Gasteiger partial charge is 0.207 e. The lowest BCUT2D eigenvalue weighted by Crippen LogP contribution is -1.87. The Kier molecular flexibility index (Phi) is 6.41. The van der Waals surface area contributed by atoms with Gasteiger partial charge < -0.3 is 0 Å². The summed E-state index contributed by atoms with van der Waals surface area (Å²) in [6, 6.07) is 21.0. The van der Waals surface area contributed by atoms with E-state index in [0.29, 0.717) is 0 Å². The highest BCUT2D eigenvalue weighted by Crippen LogP contribution is 2.38. The van der Waals surface area contributed by atoms with E-state index >= 15 is 0 Å². The van der Waals surface area contributed by atoms with E-state index in [2.05, 4.69) is 49.4 Å². The van der Waals surface area contributed by atoms with Crippen LogP contribution in [0.4, 0.5) is 4.39 Å². The Morgan fingerprint density at radius 1 is 0.594 bits per heavy atom. The van der Waals surface area contributed by atoms with Crippen molar-refractivity contribution in [3.05, 3.63) is 72.0 Å². The summed E-state index contributed by atoms with van der Waals surface area (Å²) in [6.45, 7) is 2.28. The van der Waals surface area contributed by atoms with Crippen molar-refractivity contribution in [2.45, 2.75) is 64.7 Å². The number of hydrogen-bond donors (Lipinski definition) is 0. The van der Waals surface area contributed by atoms with Crippen LogP contribution in [0.2, 0.25) is 0 Å². The Morgan fingerprint density at radius 2 is 1.19 bits per heavy atom. The molecule has 1 aromatic heterocycles. The van der Waals surface area contributed by atoms with E-state index in [0.717, 1.165) is 10.8 Å². The second kappa shape index (κ2) is 9.58. The summed E-state index contributed by atoms with van der Waals surface area (Å²) in [6.07, 6.45) is 12.1. The van der Waals surface area contributed by atoms with Crippen LogP contribution in [0.1, 0.15) is 63.9 Å².